The predicted octanol–water partition coefficient (Wildman–Crippen LogP) is 1.36. The van der Waals surface area contributed by atoms with Gasteiger partial charge in [0.2, 0.25) is 12.7 Å². The summed E-state index contributed by atoms with van der Waals surface area (Å²) in [7, 11) is 0. The number of benzene rings is 1. The third-order valence-electron chi connectivity index (χ3n) is 4.46. The Morgan fingerprint density at radius 2 is 1.86 bits per heavy atom. The monoisotopic (exact) mass is 404 g/mol. The molecule has 0 saturated carbocycles. The summed E-state index contributed by atoms with van der Waals surface area (Å²) in [4.78, 5) is 36.7. The van der Waals surface area contributed by atoms with Crippen LogP contribution in [0, 0.1) is 0 Å². The number of nitrogens with zero attached hydrogens (tertiary/aromatic N) is 4. The van der Waals surface area contributed by atoms with E-state index in [0.717, 1.165) is 0 Å². The molecule has 1 amide bonds. The fourth-order valence-electron chi connectivity index (χ4n) is 3.00. The molecule has 1 aromatic carbocycles. The zero-order valence-corrected chi connectivity index (χ0v) is 15.6. The van der Waals surface area contributed by atoms with E-state index in [1.54, 1.807) is 23.4 Å². The number of esters is 1. The van der Waals surface area contributed by atoms with Gasteiger partial charge in [-0.2, -0.15) is 0 Å². The molecule has 1 aromatic heterocycles. The van der Waals surface area contributed by atoms with Crippen molar-refractivity contribution in [3.05, 3.63) is 41.2 Å². The van der Waals surface area contributed by atoms with E-state index in [0.29, 0.717) is 43.6 Å². The molecule has 10 heteroatoms. The lowest BCUT2D eigenvalue weighted by Crippen LogP contribution is -2.50. The molecular formula is C18H17ClN4O5. The second-order valence-corrected chi connectivity index (χ2v) is 6.59. The number of hydrogen-bond donors (Lipinski definition) is 0. The molecule has 0 N–H and O–H groups in total. The first-order valence-corrected chi connectivity index (χ1v) is 9.05. The van der Waals surface area contributed by atoms with Crippen LogP contribution in [-0.2, 0) is 9.53 Å². The standard InChI is InChI=1S/C18H17ClN4O5/c19-13-8-12(9-14-16(13)28-11-27-14)17(25)26-10-15(24)22-4-6-23(7-5-22)18-20-2-1-3-21-18/h1-3,8-9H,4-7,10-11H2. The van der Waals surface area contributed by atoms with Gasteiger partial charge in [0.05, 0.1) is 10.6 Å². The minimum Gasteiger partial charge on any atom is -0.454 e. The van der Waals surface area contributed by atoms with Crippen molar-refractivity contribution in [2.24, 2.45) is 0 Å². The van der Waals surface area contributed by atoms with Crippen molar-refractivity contribution in [3.63, 3.8) is 0 Å². The molecule has 0 bridgehead atoms. The lowest BCUT2D eigenvalue weighted by atomic mass is 10.2. The number of rotatable bonds is 4. The first kappa shape index (κ1) is 18.3. The summed E-state index contributed by atoms with van der Waals surface area (Å²) in [6, 6.07) is 4.67. The molecule has 146 valence electrons. The molecule has 1 saturated heterocycles. The SMILES string of the molecule is O=C(OCC(=O)N1CCN(c2ncccn2)CC1)c1cc(Cl)c2c(c1)OCO2. The summed E-state index contributed by atoms with van der Waals surface area (Å²) < 4.78 is 15.6. The van der Waals surface area contributed by atoms with Gasteiger partial charge >= 0.3 is 5.97 Å². The van der Waals surface area contributed by atoms with E-state index in [2.05, 4.69) is 9.97 Å². The van der Waals surface area contributed by atoms with Crippen molar-refractivity contribution in [3.8, 4) is 11.5 Å². The molecular weight excluding hydrogens is 388 g/mol. The highest BCUT2D eigenvalue weighted by atomic mass is 35.5. The average Bonchev–Trinajstić information content (AvgIpc) is 3.22. The fraction of sp³-hybridized carbons (Fsp3) is 0.333. The molecule has 3 heterocycles. The smallest absolute Gasteiger partial charge is 0.338 e. The van der Waals surface area contributed by atoms with Crippen molar-refractivity contribution in [2.75, 3.05) is 44.5 Å². The number of aromatic nitrogens is 2. The molecule has 0 aliphatic carbocycles. The van der Waals surface area contributed by atoms with Gasteiger partial charge in [0.25, 0.3) is 5.91 Å². The van der Waals surface area contributed by atoms with Crippen molar-refractivity contribution in [1.82, 2.24) is 14.9 Å². The minimum atomic E-state index is -0.648. The maximum absolute atomic E-state index is 12.4. The van der Waals surface area contributed by atoms with Crippen molar-refractivity contribution >= 4 is 29.4 Å². The zero-order valence-electron chi connectivity index (χ0n) is 14.8. The Kier molecular flexibility index (Phi) is 5.16. The van der Waals surface area contributed by atoms with Crippen LogP contribution in [0.3, 0.4) is 0 Å². The number of fused-ring (bicyclic) bond motifs is 1. The zero-order chi connectivity index (χ0) is 19.5. The van der Waals surface area contributed by atoms with Gasteiger partial charge in [-0.1, -0.05) is 11.6 Å². The highest BCUT2D eigenvalue weighted by Gasteiger charge is 2.25. The second kappa shape index (κ2) is 7.89. The third-order valence-corrected chi connectivity index (χ3v) is 4.74. The number of piperazine rings is 1. The number of hydrogen-bond acceptors (Lipinski definition) is 8. The Hall–Kier alpha value is -3.07. The van der Waals surface area contributed by atoms with E-state index in [4.69, 9.17) is 25.8 Å². The van der Waals surface area contributed by atoms with Gasteiger partial charge in [0, 0.05) is 38.6 Å². The second-order valence-electron chi connectivity index (χ2n) is 6.18. The van der Waals surface area contributed by atoms with Crippen LogP contribution in [0.1, 0.15) is 10.4 Å². The number of halogens is 1. The fourth-order valence-corrected chi connectivity index (χ4v) is 3.26. The van der Waals surface area contributed by atoms with E-state index < -0.39 is 5.97 Å². The summed E-state index contributed by atoms with van der Waals surface area (Å²) in [5.74, 6) is 0.513. The molecule has 9 nitrogen and oxygen atoms in total. The van der Waals surface area contributed by atoms with Gasteiger partial charge in [0.1, 0.15) is 0 Å². The molecule has 2 aromatic rings. The first-order valence-electron chi connectivity index (χ1n) is 8.68. The molecule has 0 unspecified atom stereocenters. The van der Waals surface area contributed by atoms with Crippen molar-refractivity contribution < 1.29 is 23.8 Å². The Bertz CT molecular complexity index is 887. The summed E-state index contributed by atoms with van der Waals surface area (Å²) in [5.41, 5.74) is 0.202. The Balaban J connectivity index is 1.29. The van der Waals surface area contributed by atoms with Gasteiger partial charge in [-0.15, -0.1) is 0 Å². The van der Waals surface area contributed by atoms with Crippen LogP contribution < -0.4 is 14.4 Å². The average molecular weight is 405 g/mol. The quantitative estimate of drug-likeness (QED) is 0.705. The van der Waals surface area contributed by atoms with E-state index in [1.807, 2.05) is 4.90 Å². The molecule has 2 aliphatic rings. The number of carbonyl (C=O) groups excluding carboxylic acids is 2. The minimum absolute atomic E-state index is 0.0477. The Labute approximate surface area is 165 Å². The topological polar surface area (TPSA) is 94.1 Å². The number of anilines is 1. The Morgan fingerprint density at radius 3 is 2.61 bits per heavy atom. The van der Waals surface area contributed by atoms with Crippen LogP contribution in [-0.4, -0.2) is 66.3 Å². The van der Waals surface area contributed by atoms with E-state index in [1.165, 1.54) is 12.1 Å². The number of carbonyl (C=O) groups is 2. The highest BCUT2D eigenvalue weighted by molar-refractivity contribution is 6.32. The van der Waals surface area contributed by atoms with Crippen molar-refractivity contribution in [2.45, 2.75) is 0 Å². The van der Waals surface area contributed by atoms with Crippen LogP contribution in [0.5, 0.6) is 11.5 Å². The van der Waals surface area contributed by atoms with Crippen LogP contribution in [0.15, 0.2) is 30.6 Å². The molecule has 28 heavy (non-hydrogen) atoms. The predicted molar refractivity (Wildman–Crippen MR) is 98.7 cm³/mol. The maximum atomic E-state index is 12.4. The van der Waals surface area contributed by atoms with Crippen molar-refractivity contribution in [1.29, 1.82) is 0 Å². The lowest BCUT2D eigenvalue weighted by molar-refractivity contribution is -0.134. The number of ether oxygens (including phenoxy) is 3. The Morgan fingerprint density at radius 1 is 1.11 bits per heavy atom. The molecule has 2 aliphatic heterocycles. The van der Waals surface area contributed by atoms with E-state index in [-0.39, 0.29) is 29.9 Å². The molecule has 1 fully saturated rings. The van der Waals surface area contributed by atoms with E-state index >= 15 is 0 Å². The normalized spacial score (nSPS) is 15.5. The van der Waals surface area contributed by atoms with Crippen LogP contribution in [0.25, 0.3) is 0 Å². The number of amides is 1. The summed E-state index contributed by atoms with van der Waals surface area (Å²) in [6.07, 6.45) is 3.36. The van der Waals surface area contributed by atoms with Gasteiger partial charge in [-0.05, 0) is 18.2 Å². The molecule has 4 rings (SSSR count). The van der Waals surface area contributed by atoms with Crippen LogP contribution in [0.2, 0.25) is 5.02 Å². The summed E-state index contributed by atoms with van der Waals surface area (Å²) in [6.45, 7) is 1.94. The highest BCUT2D eigenvalue weighted by Crippen LogP contribution is 2.39. The van der Waals surface area contributed by atoms with Gasteiger partial charge in [-0.3, -0.25) is 4.79 Å². The van der Waals surface area contributed by atoms with E-state index in [9.17, 15) is 9.59 Å². The largest absolute Gasteiger partial charge is 0.454 e. The van der Waals surface area contributed by atoms with Gasteiger partial charge < -0.3 is 24.0 Å². The van der Waals surface area contributed by atoms with Gasteiger partial charge in [0.15, 0.2) is 18.1 Å². The molecule has 0 spiro atoms. The lowest BCUT2D eigenvalue weighted by Gasteiger charge is -2.34. The first-order chi connectivity index (χ1) is 13.6. The summed E-state index contributed by atoms with van der Waals surface area (Å²) >= 11 is 6.06. The van der Waals surface area contributed by atoms with Crippen LogP contribution >= 0.6 is 11.6 Å². The molecule has 0 radical (unpaired) electrons. The summed E-state index contributed by atoms with van der Waals surface area (Å²) in [5, 5.41) is 0.257. The van der Waals surface area contributed by atoms with Gasteiger partial charge in [-0.25, -0.2) is 14.8 Å². The maximum Gasteiger partial charge on any atom is 0.338 e. The molecule has 0 atom stereocenters. The third kappa shape index (κ3) is 3.79. The van der Waals surface area contributed by atoms with Crippen LogP contribution in [0.4, 0.5) is 5.95 Å².